The summed E-state index contributed by atoms with van der Waals surface area (Å²) in [6.45, 7) is 10.3. The lowest BCUT2D eigenvalue weighted by Crippen LogP contribution is -1.94. The number of fused-ring (bicyclic) bond motifs is 9. The summed E-state index contributed by atoms with van der Waals surface area (Å²) in [5, 5.41) is 7.01. The zero-order chi connectivity index (χ0) is 30.7. The fraction of sp³-hybridized carbons (Fsp3) is 0.0952. The van der Waals surface area contributed by atoms with Gasteiger partial charge in [-0.15, -0.1) is 0 Å². The molecule has 0 spiro atoms. The molecule has 2 heterocycles. The lowest BCUT2D eigenvalue weighted by atomic mass is 9.92. The first-order chi connectivity index (χ1) is 22.0. The number of hydrogen-bond donors (Lipinski definition) is 0. The van der Waals surface area contributed by atoms with Gasteiger partial charge in [0.15, 0.2) is 0 Å². The molecule has 0 bridgehead atoms. The molecule has 3 nitrogen and oxygen atoms in total. The van der Waals surface area contributed by atoms with E-state index in [4.69, 9.17) is 14.4 Å². The Balaban J connectivity index is 1.33. The highest BCUT2D eigenvalue weighted by Crippen LogP contribution is 2.41. The largest absolute Gasteiger partial charge is 0.455 e. The van der Waals surface area contributed by atoms with Crippen molar-refractivity contribution < 1.29 is 4.42 Å². The number of benzene rings is 6. The van der Waals surface area contributed by atoms with Gasteiger partial charge in [0, 0.05) is 32.7 Å². The predicted octanol–water partition coefficient (Wildman–Crippen LogP) is 11.4. The molecule has 45 heavy (non-hydrogen) atoms. The minimum atomic E-state index is 0.812. The van der Waals surface area contributed by atoms with E-state index in [2.05, 4.69) is 118 Å². The van der Waals surface area contributed by atoms with E-state index in [-0.39, 0.29) is 0 Å². The highest BCUT2D eigenvalue weighted by molar-refractivity contribution is 6.23. The highest BCUT2D eigenvalue weighted by atomic mass is 16.3. The lowest BCUT2D eigenvalue weighted by Gasteiger charge is -2.13. The van der Waals surface area contributed by atoms with E-state index in [9.17, 15) is 0 Å². The van der Waals surface area contributed by atoms with E-state index in [1.54, 1.807) is 0 Å². The molecule has 216 valence electrons. The van der Waals surface area contributed by atoms with Crippen LogP contribution in [0.5, 0.6) is 0 Å². The van der Waals surface area contributed by atoms with Gasteiger partial charge in [-0.3, -0.25) is 4.98 Å². The Morgan fingerprint density at radius 3 is 2.22 bits per heavy atom. The van der Waals surface area contributed by atoms with Crippen LogP contribution in [0.25, 0.3) is 76.9 Å². The minimum absolute atomic E-state index is 0.812. The fourth-order valence-electron chi connectivity index (χ4n) is 6.79. The van der Waals surface area contributed by atoms with E-state index < -0.39 is 0 Å². The maximum absolute atomic E-state index is 6.58. The molecule has 0 aliphatic heterocycles. The van der Waals surface area contributed by atoms with Crippen LogP contribution in [-0.2, 0) is 6.42 Å². The summed E-state index contributed by atoms with van der Waals surface area (Å²) in [5.41, 5.74) is 12.7. The number of aromatic nitrogens is 2. The van der Waals surface area contributed by atoms with Crippen molar-refractivity contribution in [3.63, 3.8) is 0 Å². The van der Waals surface area contributed by atoms with Crippen LogP contribution >= 0.6 is 0 Å². The first-order valence-corrected chi connectivity index (χ1v) is 15.4. The third kappa shape index (κ3) is 4.43. The Bertz CT molecular complexity index is 2510. The molecule has 8 aromatic rings. The second-order valence-corrected chi connectivity index (χ2v) is 12.0. The molecule has 2 aromatic heterocycles. The first-order valence-electron chi connectivity index (χ1n) is 15.4. The Morgan fingerprint density at radius 1 is 0.711 bits per heavy atom. The zero-order valence-corrected chi connectivity index (χ0v) is 25.7. The molecule has 0 aliphatic rings. The van der Waals surface area contributed by atoms with Crippen molar-refractivity contribution in [3.05, 3.63) is 144 Å². The molecule has 3 heteroatoms. The molecule has 0 saturated heterocycles. The van der Waals surface area contributed by atoms with Crippen molar-refractivity contribution in [1.29, 1.82) is 0 Å². The number of rotatable bonds is 5. The number of nitrogens with zero attached hydrogens (tertiary/aromatic N) is 2. The average molecular weight is 581 g/mol. The summed E-state index contributed by atoms with van der Waals surface area (Å²) in [6.07, 6.45) is 8.71. The van der Waals surface area contributed by atoms with Crippen LogP contribution in [0.15, 0.2) is 126 Å². The van der Waals surface area contributed by atoms with Crippen LogP contribution in [-0.4, -0.2) is 9.97 Å². The Morgan fingerprint density at radius 2 is 1.44 bits per heavy atom. The van der Waals surface area contributed by atoms with E-state index in [0.717, 1.165) is 67.2 Å². The zero-order valence-electron chi connectivity index (χ0n) is 25.7. The third-order valence-electron chi connectivity index (χ3n) is 8.97. The van der Waals surface area contributed by atoms with Crippen molar-refractivity contribution in [2.75, 3.05) is 0 Å². The number of furan rings is 1. The van der Waals surface area contributed by atoms with E-state index in [1.165, 1.54) is 38.4 Å². The molecule has 0 N–H and O–H groups in total. The quantitative estimate of drug-likeness (QED) is 0.150. The molecule has 0 unspecified atom stereocenters. The molecular formula is C42H32N2O. The molecule has 0 fully saturated rings. The summed E-state index contributed by atoms with van der Waals surface area (Å²) in [4.78, 5) is 10.3. The van der Waals surface area contributed by atoms with Gasteiger partial charge in [-0.1, -0.05) is 109 Å². The van der Waals surface area contributed by atoms with Crippen LogP contribution < -0.4 is 0 Å². The number of hydrogen-bond acceptors (Lipinski definition) is 3. The van der Waals surface area contributed by atoms with E-state index >= 15 is 0 Å². The number of para-hydroxylation sites is 1. The van der Waals surface area contributed by atoms with E-state index in [0.29, 0.717) is 0 Å². The summed E-state index contributed by atoms with van der Waals surface area (Å²) in [5.74, 6) is 0. The molecule has 0 amide bonds. The van der Waals surface area contributed by atoms with Crippen molar-refractivity contribution in [3.8, 4) is 22.4 Å². The van der Waals surface area contributed by atoms with Gasteiger partial charge in [-0.2, -0.15) is 0 Å². The second-order valence-electron chi connectivity index (χ2n) is 12.0. The minimum Gasteiger partial charge on any atom is -0.455 e. The monoisotopic (exact) mass is 580 g/mol. The Hall–Kier alpha value is -5.54. The molecule has 6 aromatic carbocycles. The summed E-state index contributed by atoms with van der Waals surface area (Å²) < 4.78 is 6.58. The van der Waals surface area contributed by atoms with Gasteiger partial charge >= 0.3 is 0 Å². The molecule has 0 saturated carbocycles. The normalized spacial score (nSPS) is 12.0. The molecular weight excluding hydrogens is 548 g/mol. The third-order valence-corrected chi connectivity index (χ3v) is 8.97. The van der Waals surface area contributed by atoms with Gasteiger partial charge in [0.1, 0.15) is 11.2 Å². The van der Waals surface area contributed by atoms with Gasteiger partial charge in [0.2, 0.25) is 0 Å². The van der Waals surface area contributed by atoms with Crippen LogP contribution in [0.2, 0.25) is 0 Å². The maximum Gasteiger partial charge on any atom is 0.143 e. The van der Waals surface area contributed by atoms with Crippen LogP contribution in [0.4, 0.5) is 0 Å². The first kappa shape index (κ1) is 27.0. The van der Waals surface area contributed by atoms with Crippen LogP contribution in [0.1, 0.15) is 22.3 Å². The van der Waals surface area contributed by atoms with Gasteiger partial charge in [-0.25, -0.2) is 4.98 Å². The molecule has 0 aliphatic carbocycles. The average Bonchev–Trinajstić information content (AvgIpc) is 3.45. The molecule has 0 radical (unpaired) electrons. The SMILES string of the molecule is C=CC=CCc1c(C)cc(-c2cccc(-c3cnc4c5ccc(C)cc5c5cc(C)ccc5c4n3)c2)c2oc3ccccc3c12. The van der Waals surface area contributed by atoms with Gasteiger partial charge < -0.3 is 4.42 Å². The van der Waals surface area contributed by atoms with Crippen LogP contribution in [0, 0.1) is 20.8 Å². The highest BCUT2D eigenvalue weighted by Gasteiger charge is 2.19. The number of aryl methyl sites for hydroxylation is 3. The van der Waals surface area contributed by atoms with Crippen LogP contribution in [0.3, 0.4) is 0 Å². The fourth-order valence-corrected chi connectivity index (χ4v) is 6.79. The topological polar surface area (TPSA) is 38.9 Å². The maximum atomic E-state index is 6.58. The van der Waals surface area contributed by atoms with Crippen molar-refractivity contribution in [2.45, 2.75) is 27.2 Å². The van der Waals surface area contributed by atoms with Crippen molar-refractivity contribution >= 4 is 54.5 Å². The van der Waals surface area contributed by atoms with Crippen molar-refractivity contribution in [2.24, 2.45) is 0 Å². The summed E-state index contributed by atoms with van der Waals surface area (Å²) in [6, 6.07) is 32.4. The molecule has 8 rings (SSSR count). The van der Waals surface area contributed by atoms with Gasteiger partial charge in [-0.05, 0) is 72.9 Å². The predicted molar refractivity (Wildman–Crippen MR) is 190 cm³/mol. The van der Waals surface area contributed by atoms with Gasteiger partial charge in [0.25, 0.3) is 0 Å². The second kappa shape index (κ2) is 10.6. The lowest BCUT2D eigenvalue weighted by molar-refractivity contribution is 0.669. The van der Waals surface area contributed by atoms with E-state index in [1.807, 2.05) is 24.4 Å². The summed E-state index contributed by atoms with van der Waals surface area (Å²) >= 11 is 0. The Labute approximate surface area is 262 Å². The van der Waals surface area contributed by atoms with Gasteiger partial charge in [0.05, 0.1) is 22.9 Å². The smallest absolute Gasteiger partial charge is 0.143 e. The Kier molecular flexibility index (Phi) is 6.35. The number of allylic oxidation sites excluding steroid dienone is 3. The summed E-state index contributed by atoms with van der Waals surface area (Å²) in [7, 11) is 0. The van der Waals surface area contributed by atoms with Crippen molar-refractivity contribution in [1.82, 2.24) is 9.97 Å². The molecule has 0 atom stereocenters. The standard InChI is InChI=1S/C42H32N2O/c1-5-6-7-13-30-27(4)22-34(42-39(30)33-14-8-9-15-38(33)45-42)28-11-10-12-29(23-28)37-24-43-40-31-18-16-25(2)20-35(31)36-21-26(3)17-19-32(36)41(40)44-37/h5-12,14-24H,1,13H2,2-4H3.